The topological polar surface area (TPSA) is 48.9 Å². The molecule has 0 aromatic heterocycles. The summed E-state index contributed by atoms with van der Waals surface area (Å²) >= 11 is 0. The second kappa shape index (κ2) is 11.5. The second-order valence-electron chi connectivity index (χ2n) is 7.16. The van der Waals surface area contributed by atoms with E-state index in [1.807, 2.05) is 12.1 Å². The van der Waals surface area contributed by atoms with Crippen LogP contribution in [0.5, 0.6) is 0 Å². The number of rotatable bonds is 8. The Kier molecular flexibility index (Phi) is 8.46. The molecule has 2 N–H and O–H groups in total. The highest BCUT2D eigenvalue weighted by atomic mass is 19.1. The van der Waals surface area contributed by atoms with Gasteiger partial charge in [0.15, 0.2) is 5.96 Å². The number of nitrogens with zero attached hydrogens (tertiary/aromatic N) is 2. The van der Waals surface area contributed by atoms with Crippen molar-refractivity contribution in [1.29, 1.82) is 0 Å². The van der Waals surface area contributed by atoms with E-state index in [2.05, 4.69) is 46.7 Å². The maximum absolute atomic E-state index is 13.0. The van der Waals surface area contributed by atoms with Crippen LogP contribution in [0, 0.1) is 5.82 Å². The number of benzene rings is 2. The number of guanidine groups is 1. The lowest BCUT2D eigenvalue weighted by atomic mass is 10.1. The summed E-state index contributed by atoms with van der Waals surface area (Å²) in [4.78, 5) is 7.20. The van der Waals surface area contributed by atoms with Crippen molar-refractivity contribution in [3.8, 4) is 0 Å². The molecule has 0 spiro atoms. The number of nitrogens with one attached hydrogen (secondary N) is 2. The molecule has 0 amide bonds. The molecule has 2 aromatic carbocycles. The molecular weight excluding hydrogens is 367 g/mol. The molecule has 156 valence electrons. The number of halogens is 1. The first-order valence-electron chi connectivity index (χ1n) is 10.4. The minimum atomic E-state index is -0.202. The van der Waals surface area contributed by atoms with Crippen molar-refractivity contribution in [2.24, 2.45) is 4.99 Å². The maximum atomic E-state index is 13.0. The van der Waals surface area contributed by atoms with E-state index in [0.717, 1.165) is 63.9 Å². The van der Waals surface area contributed by atoms with Crippen molar-refractivity contribution in [2.75, 3.05) is 39.4 Å². The van der Waals surface area contributed by atoms with E-state index in [9.17, 15) is 4.39 Å². The first-order valence-corrected chi connectivity index (χ1v) is 10.4. The van der Waals surface area contributed by atoms with Crippen LogP contribution in [0.3, 0.4) is 0 Å². The molecule has 0 unspecified atom stereocenters. The van der Waals surface area contributed by atoms with Crippen LogP contribution in [0.4, 0.5) is 4.39 Å². The summed E-state index contributed by atoms with van der Waals surface area (Å²) in [7, 11) is 0. The number of hydrogen-bond donors (Lipinski definition) is 2. The van der Waals surface area contributed by atoms with Gasteiger partial charge in [0.2, 0.25) is 0 Å². The normalized spacial score (nSPS) is 15.3. The first-order chi connectivity index (χ1) is 14.2. The average Bonchev–Trinajstić information content (AvgIpc) is 2.75. The van der Waals surface area contributed by atoms with Gasteiger partial charge >= 0.3 is 0 Å². The summed E-state index contributed by atoms with van der Waals surface area (Å²) in [6, 6.07) is 15.2. The van der Waals surface area contributed by atoms with E-state index in [1.165, 1.54) is 23.3 Å². The predicted molar refractivity (Wildman–Crippen MR) is 115 cm³/mol. The summed E-state index contributed by atoms with van der Waals surface area (Å²) in [5, 5.41) is 6.67. The van der Waals surface area contributed by atoms with Gasteiger partial charge in [0.25, 0.3) is 0 Å². The monoisotopic (exact) mass is 398 g/mol. The van der Waals surface area contributed by atoms with Crippen molar-refractivity contribution in [1.82, 2.24) is 15.5 Å². The lowest BCUT2D eigenvalue weighted by molar-refractivity contribution is 0.0341. The van der Waals surface area contributed by atoms with Crippen LogP contribution in [0.2, 0.25) is 0 Å². The number of hydrogen-bond acceptors (Lipinski definition) is 3. The van der Waals surface area contributed by atoms with Crippen LogP contribution >= 0.6 is 0 Å². The van der Waals surface area contributed by atoms with E-state index in [1.54, 1.807) is 0 Å². The van der Waals surface area contributed by atoms with E-state index < -0.39 is 0 Å². The van der Waals surface area contributed by atoms with Gasteiger partial charge in [-0.25, -0.2) is 9.38 Å². The molecule has 0 bridgehead atoms. The molecule has 29 heavy (non-hydrogen) atoms. The molecule has 0 saturated carbocycles. The van der Waals surface area contributed by atoms with Crippen LogP contribution in [0.25, 0.3) is 0 Å². The van der Waals surface area contributed by atoms with Crippen molar-refractivity contribution in [3.63, 3.8) is 0 Å². The maximum Gasteiger partial charge on any atom is 0.191 e. The van der Waals surface area contributed by atoms with Crippen LogP contribution < -0.4 is 10.6 Å². The molecule has 1 fully saturated rings. The Labute approximate surface area is 173 Å². The fourth-order valence-corrected chi connectivity index (χ4v) is 3.35. The number of morpholine rings is 1. The van der Waals surface area contributed by atoms with Gasteiger partial charge in [-0.2, -0.15) is 0 Å². The smallest absolute Gasteiger partial charge is 0.191 e. The van der Waals surface area contributed by atoms with E-state index in [-0.39, 0.29) is 5.82 Å². The highest BCUT2D eigenvalue weighted by Crippen LogP contribution is 2.14. The van der Waals surface area contributed by atoms with Gasteiger partial charge in [0.1, 0.15) is 5.82 Å². The first kappa shape index (κ1) is 21.3. The highest BCUT2D eigenvalue weighted by Gasteiger charge is 2.12. The molecule has 2 aromatic rings. The Bertz CT molecular complexity index is 773. The minimum absolute atomic E-state index is 0.202. The lowest BCUT2D eigenvalue weighted by Gasteiger charge is -2.27. The molecule has 3 rings (SSSR count). The third-order valence-corrected chi connectivity index (χ3v) is 4.99. The summed E-state index contributed by atoms with van der Waals surface area (Å²) in [6.07, 6.45) is 0.818. The molecule has 1 aliphatic rings. The standard InChI is InChI=1S/C23H31FN4O/c1-2-25-23(26-12-11-19-7-9-22(24)10-8-19)27-17-20-5-3-4-6-21(20)18-28-13-15-29-16-14-28/h3-10H,2,11-18H2,1H3,(H2,25,26,27). The number of ether oxygens (including phenoxy) is 1. The van der Waals surface area contributed by atoms with E-state index in [4.69, 9.17) is 9.73 Å². The molecule has 6 heteroatoms. The Morgan fingerprint density at radius 3 is 2.48 bits per heavy atom. The Morgan fingerprint density at radius 1 is 1.03 bits per heavy atom. The molecule has 1 aliphatic heterocycles. The zero-order chi connectivity index (χ0) is 20.3. The van der Waals surface area contributed by atoms with Crippen molar-refractivity contribution in [3.05, 3.63) is 71.0 Å². The highest BCUT2D eigenvalue weighted by molar-refractivity contribution is 5.79. The summed E-state index contributed by atoms with van der Waals surface area (Å²) in [5.74, 6) is 0.600. The van der Waals surface area contributed by atoms with Gasteiger partial charge in [-0.05, 0) is 42.2 Å². The molecule has 5 nitrogen and oxygen atoms in total. The zero-order valence-electron chi connectivity index (χ0n) is 17.2. The second-order valence-corrected chi connectivity index (χ2v) is 7.16. The fraction of sp³-hybridized carbons (Fsp3) is 0.435. The third-order valence-electron chi connectivity index (χ3n) is 4.99. The van der Waals surface area contributed by atoms with E-state index in [0.29, 0.717) is 6.54 Å². The SMILES string of the molecule is CCNC(=NCc1ccccc1CN1CCOCC1)NCCc1ccc(F)cc1. The molecule has 0 aliphatic carbocycles. The minimum Gasteiger partial charge on any atom is -0.379 e. The number of aliphatic imine (C=N–C) groups is 1. The van der Waals surface area contributed by atoms with Crippen molar-refractivity contribution < 1.29 is 9.13 Å². The van der Waals surface area contributed by atoms with Crippen LogP contribution in [0.1, 0.15) is 23.6 Å². The van der Waals surface area contributed by atoms with Gasteiger partial charge in [-0.3, -0.25) is 4.90 Å². The van der Waals surface area contributed by atoms with E-state index >= 15 is 0 Å². The molecule has 0 atom stereocenters. The average molecular weight is 399 g/mol. The van der Waals surface area contributed by atoms with Gasteiger partial charge in [0, 0.05) is 32.7 Å². The van der Waals surface area contributed by atoms with Gasteiger partial charge in [0.05, 0.1) is 19.8 Å². The largest absolute Gasteiger partial charge is 0.379 e. The van der Waals surface area contributed by atoms with Crippen LogP contribution in [-0.4, -0.2) is 50.3 Å². The molecule has 0 radical (unpaired) electrons. The van der Waals surface area contributed by atoms with Crippen LogP contribution in [0.15, 0.2) is 53.5 Å². The fourth-order valence-electron chi connectivity index (χ4n) is 3.35. The summed E-state index contributed by atoms with van der Waals surface area (Å²) in [5.41, 5.74) is 3.67. The summed E-state index contributed by atoms with van der Waals surface area (Å²) in [6.45, 7) is 8.74. The molecular formula is C23H31FN4O. The molecule has 1 heterocycles. The van der Waals surface area contributed by atoms with Gasteiger partial charge in [-0.1, -0.05) is 36.4 Å². The lowest BCUT2D eigenvalue weighted by Crippen LogP contribution is -2.38. The third kappa shape index (κ3) is 7.15. The predicted octanol–water partition coefficient (Wildman–Crippen LogP) is 2.96. The Hall–Kier alpha value is -2.44. The Morgan fingerprint density at radius 2 is 1.76 bits per heavy atom. The van der Waals surface area contributed by atoms with Crippen molar-refractivity contribution >= 4 is 5.96 Å². The summed E-state index contributed by atoms with van der Waals surface area (Å²) < 4.78 is 18.5. The van der Waals surface area contributed by atoms with Crippen molar-refractivity contribution in [2.45, 2.75) is 26.4 Å². The van der Waals surface area contributed by atoms with Gasteiger partial charge in [-0.15, -0.1) is 0 Å². The molecule has 1 saturated heterocycles. The Balaban J connectivity index is 1.56. The van der Waals surface area contributed by atoms with Crippen LogP contribution in [-0.2, 0) is 24.2 Å². The zero-order valence-corrected chi connectivity index (χ0v) is 17.2. The van der Waals surface area contributed by atoms with Gasteiger partial charge < -0.3 is 15.4 Å². The quantitative estimate of drug-likeness (QED) is 0.530.